The second-order valence-electron chi connectivity index (χ2n) is 7.42. The van der Waals surface area contributed by atoms with Gasteiger partial charge in [0.05, 0.1) is 29.9 Å². The Bertz CT molecular complexity index is 1410. The largest absolute Gasteiger partial charge is 0.496 e. The summed E-state index contributed by atoms with van der Waals surface area (Å²) < 4.78 is 12.6. The van der Waals surface area contributed by atoms with E-state index in [4.69, 9.17) is 9.47 Å². The molecule has 1 unspecified atom stereocenters. The van der Waals surface area contributed by atoms with Crippen molar-refractivity contribution < 1.29 is 14.3 Å². The Morgan fingerprint density at radius 3 is 2.74 bits per heavy atom. The number of benzene rings is 1. The summed E-state index contributed by atoms with van der Waals surface area (Å²) in [6.07, 6.45) is 0. The second-order valence-corrected chi connectivity index (χ2v) is 9.73. The van der Waals surface area contributed by atoms with Gasteiger partial charge in [0.15, 0.2) is 11.0 Å². The first-order chi connectivity index (χ1) is 16.4. The molecule has 178 valence electrons. The van der Waals surface area contributed by atoms with Crippen LogP contribution in [0.25, 0.3) is 21.6 Å². The fourth-order valence-electron chi connectivity index (χ4n) is 3.65. The number of para-hydroxylation sites is 1. The summed E-state index contributed by atoms with van der Waals surface area (Å²) in [6.45, 7) is 8.38. The Morgan fingerprint density at radius 2 is 2.03 bits per heavy atom. The molecule has 9 nitrogen and oxygen atoms in total. The average Bonchev–Trinajstić information content (AvgIpc) is 3.39. The first-order valence-corrected chi connectivity index (χ1v) is 12.5. The molecular formula is C23H25N5O4S2. The lowest BCUT2D eigenvalue weighted by atomic mass is 10.2. The van der Waals surface area contributed by atoms with Gasteiger partial charge in [-0.2, -0.15) is 0 Å². The Balaban J connectivity index is 1.67. The van der Waals surface area contributed by atoms with Gasteiger partial charge in [-0.05, 0) is 45.4 Å². The van der Waals surface area contributed by atoms with E-state index in [0.29, 0.717) is 44.0 Å². The molecule has 4 aromatic rings. The van der Waals surface area contributed by atoms with Crippen LogP contribution in [0.15, 0.2) is 34.2 Å². The number of thiophene rings is 1. The molecule has 11 heteroatoms. The topological polar surface area (TPSA) is 112 Å². The molecule has 0 fully saturated rings. The van der Waals surface area contributed by atoms with E-state index in [2.05, 4.69) is 20.2 Å². The number of esters is 1. The number of hydrogen-bond donors (Lipinski definition) is 1. The van der Waals surface area contributed by atoms with E-state index in [1.165, 1.54) is 23.1 Å². The molecule has 0 aliphatic rings. The van der Waals surface area contributed by atoms with Gasteiger partial charge in [-0.25, -0.2) is 9.78 Å². The smallest absolute Gasteiger partial charge is 0.348 e. The van der Waals surface area contributed by atoms with Crippen molar-refractivity contribution in [3.63, 3.8) is 0 Å². The van der Waals surface area contributed by atoms with Crippen LogP contribution in [0.1, 0.15) is 47.1 Å². The van der Waals surface area contributed by atoms with Crippen molar-refractivity contribution in [1.29, 1.82) is 0 Å². The maximum atomic E-state index is 12.9. The fraction of sp³-hybridized carbons (Fsp3) is 0.348. The fourth-order valence-corrected chi connectivity index (χ4v) is 5.70. The molecule has 34 heavy (non-hydrogen) atoms. The molecule has 0 saturated heterocycles. The number of aromatic amines is 1. The van der Waals surface area contributed by atoms with Crippen LogP contribution in [-0.2, 0) is 11.3 Å². The van der Waals surface area contributed by atoms with Crippen molar-refractivity contribution in [2.75, 3.05) is 13.7 Å². The second kappa shape index (κ2) is 9.98. The number of aryl methyl sites for hydroxylation is 1. The third-order valence-corrected chi connectivity index (χ3v) is 7.58. The maximum absolute atomic E-state index is 12.9. The Hall–Kier alpha value is -3.18. The molecule has 0 saturated carbocycles. The number of H-pyrrole nitrogens is 1. The minimum Gasteiger partial charge on any atom is -0.496 e. The van der Waals surface area contributed by atoms with Gasteiger partial charge in [0.25, 0.3) is 5.56 Å². The van der Waals surface area contributed by atoms with Crippen molar-refractivity contribution in [3.05, 3.63) is 50.9 Å². The third-order valence-electron chi connectivity index (χ3n) is 5.33. The number of nitrogens with zero attached hydrogens (tertiary/aromatic N) is 4. The number of nitrogens with one attached hydrogen (secondary N) is 1. The SMILES string of the molecule is CCOC(=O)c1sc2nc(C(C)Sc3nnc(-c4ccccc4OC)n3CC)[nH]c(=O)c2c1C. The van der Waals surface area contributed by atoms with Gasteiger partial charge in [-0.1, -0.05) is 23.9 Å². The molecule has 0 bridgehead atoms. The Kier molecular flexibility index (Phi) is 7.03. The maximum Gasteiger partial charge on any atom is 0.348 e. The van der Waals surface area contributed by atoms with Crippen LogP contribution in [0, 0.1) is 6.92 Å². The van der Waals surface area contributed by atoms with E-state index in [-0.39, 0.29) is 17.4 Å². The Labute approximate surface area is 204 Å². The highest BCUT2D eigenvalue weighted by atomic mass is 32.2. The van der Waals surface area contributed by atoms with Crippen LogP contribution in [0.2, 0.25) is 0 Å². The van der Waals surface area contributed by atoms with Crippen molar-refractivity contribution in [2.24, 2.45) is 0 Å². The van der Waals surface area contributed by atoms with Gasteiger partial charge < -0.3 is 19.0 Å². The van der Waals surface area contributed by atoms with E-state index in [9.17, 15) is 9.59 Å². The number of hydrogen-bond acceptors (Lipinski definition) is 9. The molecular weight excluding hydrogens is 474 g/mol. The molecule has 0 aliphatic heterocycles. The van der Waals surface area contributed by atoms with Gasteiger partial charge in [0.1, 0.15) is 21.3 Å². The molecule has 0 amide bonds. The van der Waals surface area contributed by atoms with E-state index >= 15 is 0 Å². The third kappa shape index (κ3) is 4.32. The van der Waals surface area contributed by atoms with E-state index < -0.39 is 5.97 Å². The summed E-state index contributed by atoms with van der Waals surface area (Å²) in [4.78, 5) is 33.6. The summed E-state index contributed by atoms with van der Waals surface area (Å²) in [6, 6.07) is 7.67. The number of methoxy groups -OCH3 is 1. The van der Waals surface area contributed by atoms with Crippen molar-refractivity contribution in [1.82, 2.24) is 24.7 Å². The van der Waals surface area contributed by atoms with Crippen LogP contribution in [-0.4, -0.2) is 44.4 Å². The number of fused-ring (bicyclic) bond motifs is 1. The normalized spacial score (nSPS) is 12.1. The van der Waals surface area contributed by atoms with Crippen LogP contribution in [0.3, 0.4) is 0 Å². The average molecular weight is 500 g/mol. The lowest BCUT2D eigenvalue weighted by Crippen LogP contribution is -2.13. The first-order valence-electron chi connectivity index (χ1n) is 10.8. The van der Waals surface area contributed by atoms with Crippen molar-refractivity contribution in [3.8, 4) is 17.1 Å². The number of carbonyl (C=O) groups is 1. The van der Waals surface area contributed by atoms with Crippen molar-refractivity contribution in [2.45, 2.75) is 44.6 Å². The molecule has 1 N–H and O–H groups in total. The number of aromatic nitrogens is 5. The minimum atomic E-state index is -0.439. The molecule has 0 spiro atoms. The van der Waals surface area contributed by atoms with Gasteiger partial charge in [0.2, 0.25) is 0 Å². The molecule has 4 rings (SSSR count). The summed E-state index contributed by atoms with van der Waals surface area (Å²) in [5, 5.41) is 9.70. The van der Waals surface area contributed by atoms with E-state index in [1.54, 1.807) is 21.0 Å². The van der Waals surface area contributed by atoms with Gasteiger partial charge in [-0.3, -0.25) is 4.79 Å². The lowest BCUT2D eigenvalue weighted by Gasteiger charge is -2.13. The predicted molar refractivity (Wildman–Crippen MR) is 133 cm³/mol. The highest BCUT2D eigenvalue weighted by Gasteiger charge is 2.23. The van der Waals surface area contributed by atoms with Crippen LogP contribution in [0.4, 0.5) is 0 Å². The van der Waals surface area contributed by atoms with Gasteiger partial charge in [0, 0.05) is 6.54 Å². The van der Waals surface area contributed by atoms with Crippen LogP contribution in [0.5, 0.6) is 5.75 Å². The highest BCUT2D eigenvalue weighted by molar-refractivity contribution is 7.99. The lowest BCUT2D eigenvalue weighted by molar-refractivity contribution is 0.0531. The first kappa shape index (κ1) is 24.0. The standard InChI is InChI=1S/C23H25N5O4S2/c1-6-28-19(14-10-8-9-11-15(14)31-5)26-27-23(28)33-13(4)18-24-20(29)16-12(3)17(22(30)32-7-2)34-21(16)25-18/h8-11,13H,6-7H2,1-5H3,(H,24,25,29). The Morgan fingerprint density at radius 1 is 1.26 bits per heavy atom. The van der Waals surface area contributed by atoms with Gasteiger partial charge in [-0.15, -0.1) is 21.5 Å². The summed E-state index contributed by atoms with van der Waals surface area (Å²) in [7, 11) is 1.63. The van der Waals surface area contributed by atoms with Crippen LogP contribution < -0.4 is 10.3 Å². The molecule has 3 heterocycles. The number of thioether (sulfide) groups is 1. The van der Waals surface area contributed by atoms with E-state index in [0.717, 1.165) is 11.3 Å². The predicted octanol–water partition coefficient (Wildman–Crippen LogP) is 4.61. The number of ether oxygens (including phenoxy) is 2. The van der Waals surface area contributed by atoms with Gasteiger partial charge >= 0.3 is 5.97 Å². The highest BCUT2D eigenvalue weighted by Crippen LogP contribution is 2.37. The zero-order valence-corrected chi connectivity index (χ0v) is 21.2. The minimum absolute atomic E-state index is 0.217. The van der Waals surface area contributed by atoms with Crippen molar-refractivity contribution >= 4 is 39.3 Å². The zero-order valence-electron chi connectivity index (χ0n) is 19.5. The molecule has 1 aromatic carbocycles. The molecule has 1 atom stereocenters. The molecule has 3 aromatic heterocycles. The molecule has 0 radical (unpaired) electrons. The zero-order chi connectivity index (χ0) is 24.4. The number of carbonyl (C=O) groups excluding carboxylic acids is 1. The van der Waals surface area contributed by atoms with E-state index in [1.807, 2.05) is 42.7 Å². The quantitative estimate of drug-likeness (QED) is 0.276. The monoisotopic (exact) mass is 499 g/mol. The van der Waals surface area contributed by atoms with Crippen LogP contribution >= 0.6 is 23.1 Å². The summed E-state index contributed by atoms with van der Waals surface area (Å²) >= 11 is 2.62. The number of rotatable bonds is 8. The summed E-state index contributed by atoms with van der Waals surface area (Å²) in [5.74, 6) is 1.49. The summed E-state index contributed by atoms with van der Waals surface area (Å²) in [5.41, 5.74) is 1.17. The molecule has 0 aliphatic carbocycles.